The average Bonchev–Trinajstić information content (AvgIpc) is 3.09. The largest absolute Gasteiger partial charge is 0.360 e. The van der Waals surface area contributed by atoms with E-state index >= 15 is 0 Å². The standard InChI is InChI=1S/C13H14N6O3S/c1-8-6-11(4-5-12(8)19-7-14-17-18-19)16-23(20,21)13-9(2)15-22-10(13)3/h4-7,16H,1-3H3. The SMILES string of the molecule is Cc1cc(NS(=O)(=O)c2c(C)noc2C)ccc1-n1cnnn1. The van der Waals surface area contributed by atoms with Crippen LogP contribution in [0.2, 0.25) is 0 Å². The Bertz CT molecular complexity index is 927. The topological polar surface area (TPSA) is 116 Å². The number of hydrogen-bond acceptors (Lipinski definition) is 7. The summed E-state index contributed by atoms with van der Waals surface area (Å²) in [7, 11) is -3.77. The summed E-state index contributed by atoms with van der Waals surface area (Å²) >= 11 is 0. The maximum Gasteiger partial charge on any atom is 0.267 e. The van der Waals surface area contributed by atoms with Crippen molar-refractivity contribution in [3.05, 3.63) is 41.5 Å². The first kappa shape index (κ1) is 15.2. The molecule has 1 N–H and O–H groups in total. The Morgan fingerprint density at radius 1 is 1.22 bits per heavy atom. The molecule has 1 aromatic carbocycles. The lowest BCUT2D eigenvalue weighted by molar-refractivity contribution is 0.390. The molecular formula is C13H14N6O3S. The van der Waals surface area contributed by atoms with E-state index in [1.54, 1.807) is 32.0 Å². The van der Waals surface area contributed by atoms with Crippen LogP contribution in [0.1, 0.15) is 17.0 Å². The number of rotatable bonds is 4. The highest BCUT2D eigenvalue weighted by Crippen LogP contribution is 2.24. The fourth-order valence-corrected chi connectivity index (χ4v) is 3.69. The zero-order chi connectivity index (χ0) is 16.6. The fourth-order valence-electron chi connectivity index (χ4n) is 2.31. The minimum atomic E-state index is -3.77. The van der Waals surface area contributed by atoms with Gasteiger partial charge < -0.3 is 4.52 Å². The molecule has 2 heterocycles. The molecular weight excluding hydrogens is 320 g/mol. The van der Waals surface area contributed by atoms with E-state index in [0.717, 1.165) is 11.3 Å². The molecule has 0 aliphatic heterocycles. The second kappa shape index (κ2) is 5.47. The molecule has 9 nitrogen and oxygen atoms in total. The number of nitrogens with zero attached hydrogens (tertiary/aromatic N) is 5. The fraction of sp³-hybridized carbons (Fsp3) is 0.231. The molecule has 0 aliphatic carbocycles. The van der Waals surface area contributed by atoms with E-state index in [-0.39, 0.29) is 10.7 Å². The molecule has 0 saturated heterocycles. The maximum atomic E-state index is 12.5. The van der Waals surface area contributed by atoms with Gasteiger partial charge in [0.25, 0.3) is 10.0 Å². The molecule has 2 aromatic heterocycles. The predicted molar refractivity (Wildman–Crippen MR) is 80.7 cm³/mol. The third-order valence-corrected chi connectivity index (χ3v) is 4.91. The smallest absolute Gasteiger partial charge is 0.267 e. The van der Waals surface area contributed by atoms with Gasteiger partial charge in [0.2, 0.25) is 0 Å². The van der Waals surface area contributed by atoms with Gasteiger partial charge in [-0.05, 0) is 55.0 Å². The molecule has 0 atom stereocenters. The zero-order valence-electron chi connectivity index (χ0n) is 12.7. The number of nitrogens with one attached hydrogen (secondary N) is 1. The molecule has 0 fully saturated rings. The molecule has 23 heavy (non-hydrogen) atoms. The summed E-state index contributed by atoms with van der Waals surface area (Å²) < 4.78 is 33.9. The molecule has 0 amide bonds. The van der Waals surface area contributed by atoms with Crippen LogP contribution in [0, 0.1) is 20.8 Å². The number of sulfonamides is 1. The van der Waals surface area contributed by atoms with Gasteiger partial charge in [0.15, 0.2) is 10.7 Å². The molecule has 120 valence electrons. The first-order chi connectivity index (χ1) is 10.9. The lowest BCUT2D eigenvalue weighted by atomic mass is 10.2. The van der Waals surface area contributed by atoms with Crippen LogP contribution in [0.25, 0.3) is 5.69 Å². The van der Waals surface area contributed by atoms with Gasteiger partial charge in [-0.3, -0.25) is 4.72 Å². The van der Waals surface area contributed by atoms with Crippen LogP contribution >= 0.6 is 0 Å². The molecule has 0 saturated carbocycles. The lowest BCUT2D eigenvalue weighted by Gasteiger charge is -2.10. The molecule has 3 aromatic rings. The summed E-state index contributed by atoms with van der Waals surface area (Å²) in [5, 5.41) is 14.6. The second-order valence-corrected chi connectivity index (χ2v) is 6.63. The van der Waals surface area contributed by atoms with Gasteiger partial charge >= 0.3 is 0 Å². The first-order valence-corrected chi connectivity index (χ1v) is 8.16. The van der Waals surface area contributed by atoms with Crippen LogP contribution in [0.15, 0.2) is 33.9 Å². The van der Waals surface area contributed by atoms with Crippen molar-refractivity contribution in [1.29, 1.82) is 0 Å². The third kappa shape index (κ3) is 2.80. The van der Waals surface area contributed by atoms with Crippen molar-refractivity contribution in [2.24, 2.45) is 0 Å². The number of aryl methyl sites for hydroxylation is 3. The highest BCUT2D eigenvalue weighted by molar-refractivity contribution is 7.92. The monoisotopic (exact) mass is 334 g/mol. The van der Waals surface area contributed by atoms with Crippen molar-refractivity contribution in [3.63, 3.8) is 0 Å². The third-order valence-electron chi connectivity index (χ3n) is 3.28. The zero-order valence-corrected chi connectivity index (χ0v) is 13.5. The van der Waals surface area contributed by atoms with Gasteiger partial charge in [0.05, 0.1) is 5.69 Å². The molecule has 0 spiro atoms. The van der Waals surface area contributed by atoms with Gasteiger partial charge in [-0.25, -0.2) is 13.1 Å². The van der Waals surface area contributed by atoms with E-state index in [0.29, 0.717) is 11.4 Å². The molecule has 0 unspecified atom stereocenters. The molecule has 10 heteroatoms. The van der Waals surface area contributed by atoms with Crippen molar-refractivity contribution in [2.75, 3.05) is 4.72 Å². The Hall–Kier alpha value is -2.75. The normalized spacial score (nSPS) is 11.6. The number of benzene rings is 1. The van der Waals surface area contributed by atoms with Gasteiger partial charge in [0, 0.05) is 5.69 Å². The van der Waals surface area contributed by atoms with Crippen LogP contribution in [-0.4, -0.2) is 33.8 Å². The summed E-state index contributed by atoms with van der Waals surface area (Å²) in [5.41, 5.74) is 2.32. The first-order valence-electron chi connectivity index (χ1n) is 6.68. The summed E-state index contributed by atoms with van der Waals surface area (Å²) in [6, 6.07) is 5.07. The van der Waals surface area contributed by atoms with Crippen molar-refractivity contribution in [3.8, 4) is 5.69 Å². The second-order valence-electron chi connectivity index (χ2n) is 5.01. The van der Waals surface area contributed by atoms with Crippen LogP contribution in [0.5, 0.6) is 0 Å². The summed E-state index contributed by atoms with van der Waals surface area (Å²) in [6.45, 7) is 4.97. The Kier molecular flexibility index (Phi) is 3.60. The Morgan fingerprint density at radius 3 is 2.57 bits per heavy atom. The van der Waals surface area contributed by atoms with Crippen LogP contribution in [0.4, 0.5) is 5.69 Å². The Labute approximate surface area is 132 Å². The van der Waals surface area contributed by atoms with E-state index in [4.69, 9.17) is 4.52 Å². The minimum Gasteiger partial charge on any atom is -0.360 e. The van der Waals surface area contributed by atoms with Crippen LogP contribution in [0.3, 0.4) is 0 Å². The predicted octanol–water partition coefficient (Wildman–Crippen LogP) is 1.38. The summed E-state index contributed by atoms with van der Waals surface area (Å²) in [4.78, 5) is 0.0553. The van der Waals surface area contributed by atoms with E-state index in [1.165, 1.54) is 11.0 Å². The van der Waals surface area contributed by atoms with Crippen LogP contribution < -0.4 is 4.72 Å². The van der Waals surface area contributed by atoms with Gasteiger partial charge in [-0.2, -0.15) is 0 Å². The highest BCUT2D eigenvalue weighted by atomic mass is 32.2. The highest BCUT2D eigenvalue weighted by Gasteiger charge is 2.24. The number of hydrogen-bond donors (Lipinski definition) is 1. The number of anilines is 1. The molecule has 0 radical (unpaired) electrons. The minimum absolute atomic E-state index is 0.0553. The molecule has 0 bridgehead atoms. The van der Waals surface area contributed by atoms with E-state index in [1.807, 2.05) is 6.92 Å². The lowest BCUT2D eigenvalue weighted by Crippen LogP contribution is -2.14. The quantitative estimate of drug-likeness (QED) is 0.766. The molecule has 0 aliphatic rings. The number of tetrazole rings is 1. The van der Waals surface area contributed by atoms with Crippen molar-refractivity contribution < 1.29 is 12.9 Å². The Morgan fingerprint density at radius 2 is 2.00 bits per heavy atom. The van der Waals surface area contributed by atoms with Crippen molar-refractivity contribution >= 4 is 15.7 Å². The molecule has 3 rings (SSSR count). The van der Waals surface area contributed by atoms with E-state index in [9.17, 15) is 8.42 Å². The Balaban J connectivity index is 1.93. The summed E-state index contributed by atoms with van der Waals surface area (Å²) in [6.07, 6.45) is 1.47. The summed E-state index contributed by atoms with van der Waals surface area (Å²) in [5.74, 6) is 0.247. The van der Waals surface area contributed by atoms with Crippen LogP contribution in [-0.2, 0) is 10.0 Å². The number of aromatic nitrogens is 5. The van der Waals surface area contributed by atoms with E-state index < -0.39 is 10.0 Å². The van der Waals surface area contributed by atoms with Gasteiger partial charge in [-0.1, -0.05) is 5.16 Å². The van der Waals surface area contributed by atoms with E-state index in [2.05, 4.69) is 25.4 Å². The van der Waals surface area contributed by atoms with Gasteiger partial charge in [0.1, 0.15) is 12.0 Å². The average molecular weight is 334 g/mol. The van der Waals surface area contributed by atoms with Crippen molar-refractivity contribution in [2.45, 2.75) is 25.7 Å². The van der Waals surface area contributed by atoms with Gasteiger partial charge in [-0.15, -0.1) is 5.10 Å². The van der Waals surface area contributed by atoms with Crippen molar-refractivity contribution in [1.82, 2.24) is 25.4 Å². The maximum absolute atomic E-state index is 12.5.